The smallest absolute Gasteiger partial charge is 0.332 e. The minimum absolute atomic E-state index is 0.00878. The minimum Gasteiger partial charge on any atom is -0.457 e. The largest absolute Gasteiger partial charge is 0.457 e. The van der Waals surface area contributed by atoms with Crippen molar-refractivity contribution in [2.45, 2.75) is 70.9 Å². The maximum Gasteiger partial charge on any atom is 0.332 e. The van der Waals surface area contributed by atoms with Gasteiger partial charge in [0.1, 0.15) is 23.8 Å². The first kappa shape index (κ1) is 28.2. The van der Waals surface area contributed by atoms with Gasteiger partial charge >= 0.3 is 5.97 Å². The average Bonchev–Trinajstić information content (AvgIpc) is 3.24. The number of carbonyl (C=O) groups is 1. The van der Waals surface area contributed by atoms with Crippen molar-refractivity contribution in [3.8, 4) is 0 Å². The fraction of sp³-hybridized carbons (Fsp3) is 0.548. The highest BCUT2D eigenvalue weighted by Crippen LogP contribution is 2.48. The number of halogens is 1. The van der Waals surface area contributed by atoms with Gasteiger partial charge in [0.2, 0.25) is 0 Å². The summed E-state index contributed by atoms with van der Waals surface area (Å²) in [6.07, 6.45) is 3.98. The molecule has 0 spiro atoms. The highest BCUT2D eigenvalue weighted by molar-refractivity contribution is 5.75. The molecule has 0 saturated heterocycles. The molecule has 1 aromatic heterocycles. The van der Waals surface area contributed by atoms with Gasteiger partial charge in [0, 0.05) is 39.0 Å². The van der Waals surface area contributed by atoms with Crippen LogP contribution in [-0.2, 0) is 33.7 Å². The molecule has 0 saturated carbocycles. The maximum atomic E-state index is 14.0. The van der Waals surface area contributed by atoms with Crippen molar-refractivity contribution in [3.05, 3.63) is 65.2 Å². The lowest BCUT2D eigenvalue weighted by molar-refractivity contribution is -0.172. The predicted octanol–water partition coefficient (Wildman–Crippen LogP) is 5.76. The summed E-state index contributed by atoms with van der Waals surface area (Å²) in [5.74, 6) is 0.784. The second-order valence-corrected chi connectivity index (χ2v) is 11.0. The Morgan fingerprint density at radius 3 is 2.76 bits per heavy atom. The van der Waals surface area contributed by atoms with Gasteiger partial charge in [-0.1, -0.05) is 32.0 Å². The van der Waals surface area contributed by atoms with E-state index in [0.717, 1.165) is 54.9 Å². The van der Waals surface area contributed by atoms with Gasteiger partial charge in [-0.3, -0.25) is 0 Å². The average molecular weight is 524 g/mol. The van der Waals surface area contributed by atoms with Crippen molar-refractivity contribution >= 4 is 17.0 Å². The number of imidazole rings is 1. The summed E-state index contributed by atoms with van der Waals surface area (Å²) in [5.41, 5.74) is 3.71. The summed E-state index contributed by atoms with van der Waals surface area (Å²) in [6, 6.07) is 13.4. The summed E-state index contributed by atoms with van der Waals surface area (Å²) < 4.78 is 27.7. The first-order chi connectivity index (χ1) is 18.3. The van der Waals surface area contributed by atoms with Crippen LogP contribution in [0.4, 0.5) is 4.39 Å². The van der Waals surface area contributed by atoms with Gasteiger partial charge in [-0.15, -0.1) is 0 Å². The number of ether oxygens (including phenoxy) is 2. The molecule has 2 aromatic carbocycles. The van der Waals surface area contributed by atoms with Crippen molar-refractivity contribution < 1.29 is 18.7 Å². The van der Waals surface area contributed by atoms with Crippen LogP contribution in [0.3, 0.4) is 0 Å². The molecule has 1 heterocycles. The molecule has 0 fully saturated rings. The number of benzene rings is 2. The number of nitrogens with zero attached hydrogens (tertiary/aromatic N) is 3. The molecule has 1 aliphatic carbocycles. The van der Waals surface area contributed by atoms with Gasteiger partial charge in [0.25, 0.3) is 0 Å². The second kappa shape index (κ2) is 12.4. The van der Waals surface area contributed by atoms with E-state index in [1.54, 1.807) is 6.07 Å². The number of para-hydroxylation sites is 2. The number of hydrogen-bond acceptors (Lipinski definition) is 5. The Morgan fingerprint density at radius 1 is 1.24 bits per heavy atom. The Bertz CT molecular complexity index is 1240. The molecule has 1 aliphatic rings. The number of carbonyl (C=O) groups excluding carboxylic acids is 1. The van der Waals surface area contributed by atoms with Crippen LogP contribution in [0.15, 0.2) is 42.5 Å². The molecule has 0 N–H and O–H groups in total. The number of esters is 1. The number of methoxy groups -OCH3 is 1. The van der Waals surface area contributed by atoms with Crippen LogP contribution in [0.2, 0.25) is 0 Å². The monoisotopic (exact) mass is 523 g/mol. The zero-order valence-electron chi connectivity index (χ0n) is 23.5. The van der Waals surface area contributed by atoms with Gasteiger partial charge in [-0.2, -0.15) is 0 Å². The molecule has 206 valence electrons. The number of fused-ring (bicyclic) bond motifs is 2. The number of aromatic nitrogens is 2. The fourth-order valence-corrected chi connectivity index (χ4v) is 6.33. The van der Waals surface area contributed by atoms with Crippen molar-refractivity contribution in [1.82, 2.24) is 14.5 Å². The number of rotatable bonds is 12. The molecule has 0 radical (unpaired) electrons. The van der Waals surface area contributed by atoms with Crippen LogP contribution < -0.4 is 0 Å². The highest BCUT2D eigenvalue weighted by Gasteiger charge is 2.47. The van der Waals surface area contributed by atoms with E-state index in [2.05, 4.69) is 55.5 Å². The first-order valence-electron chi connectivity index (χ1n) is 13.9. The third-order valence-electron chi connectivity index (χ3n) is 7.98. The van der Waals surface area contributed by atoms with E-state index in [1.807, 2.05) is 12.1 Å². The van der Waals surface area contributed by atoms with Crippen molar-refractivity contribution in [2.24, 2.45) is 5.92 Å². The molecule has 4 rings (SSSR count). The molecule has 3 aromatic rings. The Labute approximate surface area is 226 Å². The van der Waals surface area contributed by atoms with Gasteiger partial charge < -0.3 is 18.9 Å². The quantitative estimate of drug-likeness (QED) is 0.282. The summed E-state index contributed by atoms with van der Waals surface area (Å²) in [7, 11) is 3.64. The highest BCUT2D eigenvalue weighted by atomic mass is 19.1. The lowest BCUT2D eigenvalue weighted by Gasteiger charge is -2.47. The normalized spacial score (nSPS) is 19.3. The summed E-state index contributed by atoms with van der Waals surface area (Å²) >= 11 is 0. The topological polar surface area (TPSA) is 56.6 Å². The third kappa shape index (κ3) is 6.10. The SMILES string of the molecule is CCn1c(CCCN(C)CCC2(OC(=O)COC)CCc3cc(F)ccc3C2C(C)C)nc2ccccc21. The van der Waals surface area contributed by atoms with E-state index >= 15 is 0 Å². The van der Waals surface area contributed by atoms with Gasteiger partial charge in [0.15, 0.2) is 0 Å². The van der Waals surface area contributed by atoms with E-state index in [0.29, 0.717) is 19.3 Å². The van der Waals surface area contributed by atoms with Crippen LogP contribution in [0.1, 0.15) is 62.9 Å². The van der Waals surface area contributed by atoms with Crippen LogP contribution in [0.25, 0.3) is 11.0 Å². The molecule has 38 heavy (non-hydrogen) atoms. The predicted molar refractivity (Wildman–Crippen MR) is 149 cm³/mol. The van der Waals surface area contributed by atoms with Crippen LogP contribution in [0, 0.1) is 11.7 Å². The molecular formula is C31H42FN3O3. The summed E-state index contributed by atoms with van der Waals surface area (Å²) in [5, 5.41) is 0. The number of hydrogen-bond donors (Lipinski definition) is 0. The van der Waals surface area contributed by atoms with Crippen LogP contribution in [-0.4, -0.2) is 59.9 Å². The molecule has 0 bridgehead atoms. The van der Waals surface area contributed by atoms with Gasteiger partial charge in [-0.05, 0) is 81.1 Å². The Balaban J connectivity index is 1.46. The zero-order chi connectivity index (χ0) is 27.3. The minimum atomic E-state index is -0.654. The summed E-state index contributed by atoms with van der Waals surface area (Å²) in [6.45, 7) is 9.03. The van der Waals surface area contributed by atoms with Gasteiger partial charge in [0.05, 0.1) is 11.0 Å². The lowest BCUT2D eigenvalue weighted by Crippen LogP contribution is -2.49. The Hall–Kier alpha value is -2.77. The molecule has 2 atom stereocenters. The molecule has 0 amide bonds. The van der Waals surface area contributed by atoms with Gasteiger partial charge in [-0.25, -0.2) is 14.2 Å². The van der Waals surface area contributed by atoms with Crippen molar-refractivity contribution in [3.63, 3.8) is 0 Å². The maximum absolute atomic E-state index is 14.0. The second-order valence-electron chi connectivity index (χ2n) is 11.0. The first-order valence-corrected chi connectivity index (χ1v) is 13.9. The molecule has 0 aliphatic heterocycles. The zero-order valence-corrected chi connectivity index (χ0v) is 23.5. The van der Waals surface area contributed by atoms with E-state index in [1.165, 1.54) is 18.7 Å². The Morgan fingerprint density at radius 2 is 2.03 bits per heavy atom. The van der Waals surface area contributed by atoms with Crippen LogP contribution >= 0.6 is 0 Å². The van der Waals surface area contributed by atoms with Crippen molar-refractivity contribution in [2.75, 3.05) is 33.9 Å². The standard InChI is InChI=1S/C31H42FN3O3/c1-6-35-27-11-8-7-10-26(27)33-28(35)12-9-18-34(4)19-17-31(38-29(36)21-37-5)16-15-23-20-24(32)13-14-25(23)30(31)22(2)3/h7-8,10-11,13-14,20,22,30H,6,9,12,15-19,21H2,1-5H3. The van der Waals surface area contributed by atoms with E-state index in [4.69, 9.17) is 14.5 Å². The lowest BCUT2D eigenvalue weighted by atomic mass is 9.65. The third-order valence-corrected chi connectivity index (χ3v) is 7.98. The van der Waals surface area contributed by atoms with Crippen molar-refractivity contribution in [1.29, 1.82) is 0 Å². The van der Waals surface area contributed by atoms with E-state index < -0.39 is 5.60 Å². The molecular weight excluding hydrogens is 481 g/mol. The van der Waals surface area contributed by atoms with Crippen LogP contribution in [0.5, 0.6) is 0 Å². The van der Waals surface area contributed by atoms with E-state index in [9.17, 15) is 9.18 Å². The van der Waals surface area contributed by atoms with E-state index in [-0.39, 0.29) is 30.2 Å². The molecule has 7 heteroatoms. The molecule has 6 nitrogen and oxygen atoms in total. The number of aryl methyl sites for hydroxylation is 3. The Kier molecular flexibility index (Phi) is 9.21. The summed E-state index contributed by atoms with van der Waals surface area (Å²) in [4.78, 5) is 19.9. The molecule has 2 unspecified atom stereocenters. The fourth-order valence-electron chi connectivity index (χ4n) is 6.33.